The summed E-state index contributed by atoms with van der Waals surface area (Å²) in [7, 11) is 0. The first-order chi connectivity index (χ1) is 9.29. The minimum absolute atomic E-state index is 0.0581. The molecule has 0 N–H and O–H groups in total. The van der Waals surface area contributed by atoms with Crippen molar-refractivity contribution >= 4 is 33.2 Å². The lowest BCUT2D eigenvalue weighted by atomic mass is 10.3. The van der Waals surface area contributed by atoms with E-state index in [0.717, 1.165) is 34.9 Å². The van der Waals surface area contributed by atoms with Crippen molar-refractivity contribution in [3.05, 3.63) is 28.2 Å². The van der Waals surface area contributed by atoms with Gasteiger partial charge in [0.25, 0.3) is 0 Å². The van der Waals surface area contributed by atoms with Crippen molar-refractivity contribution in [3.8, 4) is 0 Å². The molecule has 3 nitrogen and oxygen atoms in total. The fourth-order valence-corrected chi connectivity index (χ4v) is 3.92. The second kappa shape index (κ2) is 5.75. The summed E-state index contributed by atoms with van der Waals surface area (Å²) in [5.41, 5.74) is 0.969. The molecule has 2 aromatic heterocycles. The summed E-state index contributed by atoms with van der Waals surface area (Å²) >= 11 is 7.93. The number of aromatic nitrogens is 1. The number of nitrogens with zero attached hydrogens (tertiary/aromatic N) is 2. The summed E-state index contributed by atoms with van der Waals surface area (Å²) < 4.78 is 7.01. The molecule has 1 aliphatic rings. The minimum atomic E-state index is 0.0581. The average molecular weight is 297 g/mol. The smallest absolute Gasteiger partial charge is 0.146 e. The van der Waals surface area contributed by atoms with E-state index in [-0.39, 0.29) is 6.23 Å². The molecule has 1 unspecified atom stereocenters. The van der Waals surface area contributed by atoms with E-state index in [2.05, 4.69) is 16.0 Å². The SMILES string of the molecule is CCOC(c1cc2nccc(Cl)c2s1)N1CCCC1. The number of likely N-dealkylation sites (tertiary alicyclic amines) is 1. The van der Waals surface area contributed by atoms with E-state index < -0.39 is 0 Å². The van der Waals surface area contributed by atoms with Crippen molar-refractivity contribution < 1.29 is 4.74 Å². The van der Waals surface area contributed by atoms with E-state index in [1.807, 2.05) is 13.0 Å². The van der Waals surface area contributed by atoms with Gasteiger partial charge in [-0.15, -0.1) is 11.3 Å². The minimum Gasteiger partial charge on any atom is -0.358 e. The van der Waals surface area contributed by atoms with Gasteiger partial charge >= 0.3 is 0 Å². The maximum absolute atomic E-state index is 6.23. The molecule has 0 radical (unpaired) electrons. The molecule has 0 spiro atoms. The first-order valence-electron chi connectivity index (χ1n) is 6.69. The van der Waals surface area contributed by atoms with Crippen LogP contribution in [0, 0.1) is 0 Å². The molecule has 1 aliphatic heterocycles. The monoisotopic (exact) mass is 296 g/mol. The van der Waals surface area contributed by atoms with Crippen LogP contribution in [-0.4, -0.2) is 29.6 Å². The number of ether oxygens (including phenoxy) is 1. The highest BCUT2D eigenvalue weighted by Gasteiger charge is 2.25. The van der Waals surface area contributed by atoms with E-state index in [9.17, 15) is 0 Å². The molecule has 2 aromatic rings. The molecule has 0 saturated carbocycles. The van der Waals surface area contributed by atoms with Crippen LogP contribution in [0.5, 0.6) is 0 Å². The van der Waals surface area contributed by atoms with Crippen LogP contribution in [-0.2, 0) is 4.74 Å². The largest absolute Gasteiger partial charge is 0.358 e. The Hall–Kier alpha value is -0.680. The van der Waals surface area contributed by atoms with E-state index >= 15 is 0 Å². The Morgan fingerprint density at radius 2 is 2.26 bits per heavy atom. The summed E-state index contributed by atoms with van der Waals surface area (Å²) in [5, 5.41) is 0.776. The second-order valence-electron chi connectivity index (χ2n) is 4.71. The number of pyridine rings is 1. The Balaban J connectivity index is 1.97. The summed E-state index contributed by atoms with van der Waals surface area (Å²) in [6.45, 7) is 4.98. The van der Waals surface area contributed by atoms with Gasteiger partial charge in [0.05, 0.1) is 20.1 Å². The van der Waals surface area contributed by atoms with Gasteiger partial charge in [-0.2, -0.15) is 0 Å². The average Bonchev–Trinajstić information content (AvgIpc) is 3.05. The van der Waals surface area contributed by atoms with Gasteiger partial charge in [-0.1, -0.05) is 11.6 Å². The summed E-state index contributed by atoms with van der Waals surface area (Å²) in [5.74, 6) is 0. The Kier molecular flexibility index (Phi) is 4.03. The third-order valence-electron chi connectivity index (χ3n) is 3.42. The van der Waals surface area contributed by atoms with Crippen LogP contribution in [0.3, 0.4) is 0 Å². The zero-order valence-electron chi connectivity index (χ0n) is 10.9. The molecule has 1 fully saturated rings. The topological polar surface area (TPSA) is 25.4 Å². The van der Waals surface area contributed by atoms with E-state index in [4.69, 9.17) is 16.3 Å². The van der Waals surface area contributed by atoms with Crippen LogP contribution >= 0.6 is 22.9 Å². The molecule has 0 aromatic carbocycles. The molecule has 102 valence electrons. The van der Waals surface area contributed by atoms with Gasteiger partial charge in [0.2, 0.25) is 0 Å². The van der Waals surface area contributed by atoms with Gasteiger partial charge in [-0.25, -0.2) is 0 Å². The van der Waals surface area contributed by atoms with E-state index in [0.29, 0.717) is 0 Å². The molecule has 5 heteroatoms. The standard InChI is InChI=1S/C14H17ClN2OS/c1-2-18-14(17-7-3-4-8-17)12-9-11-13(19-12)10(15)5-6-16-11/h5-6,9,14H,2-4,7-8H2,1H3. The first kappa shape index (κ1) is 13.3. The molecule has 0 bridgehead atoms. The molecule has 0 amide bonds. The van der Waals surface area contributed by atoms with Crippen LogP contribution in [0.4, 0.5) is 0 Å². The lowest BCUT2D eigenvalue weighted by Crippen LogP contribution is -2.27. The van der Waals surface area contributed by atoms with Crippen molar-refractivity contribution in [2.75, 3.05) is 19.7 Å². The summed E-state index contributed by atoms with van der Waals surface area (Å²) in [6, 6.07) is 3.96. The summed E-state index contributed by atoms with van der Waals surface area (Å²) in [6.07, 6.45) is 4.33. The van der Waals surface area contributed by atoms with Crippen molar-refractivity contribution in [2.24, 2.45) is 0 Å². The number of fused-ring (bicyclic) bond motifs is 1. The Bertz CT molecular complexity index is 566. The molecule has 3 heterocycles. The number of rotatable bonds is 4. The Labute approximate surface area is 122 Å². The highest BCUT2D eigenvalue weighted by atomic mass is 35.5. The fourth-order valence-electron chi connectivity index (χ4n) is 2.55. The van der Waals surface area contributed by atoms with Crippen LogP contribution < -0.4 is 0 Å². The highest BCUT2D eigenvalue weighted by molar-refractivity contribution is 7.19. The molecule has 19 heavy (non-hydrogen) atoms. The van der Waals surface area contributed by atoms with Gasteiger partial charge in [0, 0.05) is 25.9 Å². The molecule has 1 saturated heterocycles. The maximum atomic E-state index is 6.23. The molecule has 3 rings (SSSR count). The number of hydrogen-bond acceptors (Lipinski definition) is 4. The number of halogens is 1. The van der Waals surface area contributed by atoms with Crippen LogP contribution in [0.1, 0.15) is 30.9 Å². The zero-order valence-corrected chi connectivity index (χ0v) is 12.5. The van der Waals surface area contributed by atoms with Crippen LogP contribution in [0.15, 0.2) is 18.3 Å². The Morgan fingerprint density at radius 3 is 2.95 bits per heavy atom. The van der Waals surface area contributed by atoms with Gasteiger partial charge in [-0.05, 0) is 31.9 Å². The van der Waals surface area contributed by atoms with Gasteiger partial charge in [0.15, 0.2) is 0 Å². The maximum Gasteiger partial charge on any atom is 0.146 e. The van der Waals surface area contributed by atoms with Gasteiger partial charge in [-0.3, -0.25) is 9.88 Å². The van der Waals surface area contributed by atoms with Crippen molar-refractivity contribution in [1.82, 2.24) is 9.88 Å². The highest BCUT2D eigenvalue weighted by Crippen LogP contribution is 2.37. The third-order valence-corrected chi connectivity index (χ3v) is 5.04. The molecular weight excluding hydrogens is 280 g/mol. The quantitative estimate of drug-likeness (QED) is 0.850. The van der Waals surface area contributed by atoms with Gasteiger partial charge < -0.3 is 4.74 Å². The molecular formula is C14H17ClN2OS. The normalized spacial score (nSPS) is 18.2. The predicted octanol–water partition coefficient (Wildman–Crippen LogP) is 4.08. The number of thiophene rings is 1. The fraction of sp³-hybridized carbons (Fsp3) is 0.500. The lowest BCUT2D eigenvalue weighted by molar-refractivity contribution is -0.0438. The van der Waals surface area contributed by atoms with E-state index in [1.165, 1.54) is 17.7 Å². The van der Waals surface area contributed by atoms with Gasteiger partial charge in [0.1, 0.15) is 6.23 Å². The predicted molar refractivity (Wildman–Crippen MR) is 79.8 cm³/mol. The van der Waals surface area contributed by atoms with Crippen molar-refractivity contribution in [2.45, 2.75) is 26.0 Å². The third kappa shape index (κ3) is 2.63. The lowest BCUT2D eigenvalue weighted by Gasteiger charge is -2.25. The van der Waals surface area contributed by atoms with Crippen LogP contribution in [0.2, 0.25) is 5.02 Å². The first-order valence-corrected chi connectivity index (χ1v) is 7.88. The van der Waals surface area contributed by atoms with Crippen molar-refractivity contribution in [3.63, 3.8) is 0 Å². The molecule has 0 aliphatic carbocycles. The number of hydrogen-bond donors (Lipinski definition) is 0. The summed E-state index contributed by atoms with van der Waals surface area (Å²) in [4.78, 5) is 8.00. The zero-order chi connectivity index (χ0) is 13.2. The van der Waals surface area contributed by atoms with Crippen molar-refractivity contribution in [1.29, 1.82) is 0 Å². The Morgan fingerprint density at radius 1 is 1.47 bits per heavy atom. The molecule has 1 atom stereocenters. The van der Waals surface area contributed by atoms with Crippen LogP contribution in [0.25, 0.3) is 10.2 Å². The second-order valence-corrected chi connectivity index (χ2v) is 6.20. The van der Waals surface area contributed by atoms with E-state index in [1.54, 1.807) is 17.5 Å².